The Labute approximate surface area is 193 Å². The van der Waals surface area contributed by atoms with Crippen LogP contribution in [0.2, 0.25) is 0 Å². The molecule has 0 saturated carbocycles. The number of amides is 1. The summed E-state index contributed by atoms with van der Waals surface area (Å²) in [5.41, 5.74) is 3.22. The van der Waals surface area contributed by atoms with Crippen LogP contribution in [0, 0.1) is 0 Å². The number of fused-ring (bicyclic) bond motifs is 1. The van der Waals surface area contributed by atoms with E-state index < -0.39 is 9.84 Å². The van der Waals surface area contributed by atoms with Crippen molar-refractivity contribution in [3.05, 3.63) is 126 Å². The van der Waals surface area contributed by atoms with Gasteiger partial charge in [-0.1, -0.05) is 60.7 Å². The van der Waals surface area contributed by atoms with Crippen LogP contribution in [0.25, 0.3) is 0 Å². The van der Waals surface area contributed by atoms with E-state index in [2.05, 4.69) is 10.6 Å². The molecule has 1 aliphatic rings. The molecule has 2 heterocycles. The molecule has 1 aromatic heterocycles. The van der Waals surface area contributed by atoms with Crippen LogP contribution in [0.4, 0.5) is 0 Å². The van der Waals surface area contributed by atoms with Gasteiger partial charge in [-0.3, -0.25) is 4.79 Å². The van der Waals surface area contributed by atoms with Crippen molar-refractivity contribution in [3.63, 3.8) is 0 Å². The average molecular weight is 457 g/mol. The van der Waals surface area contributed by atoms with Gasteiger partial charge in [0.05, 0.1) is 16.7 Å². The van der Waals surface area contributed by atoms with Gasteiger partial charge in [0.1, 0.15) is 0 Å². The maximum Gasteiger partial charge on any atom is 0.254 e. The van der Waals surface area contributed by atoms with Crippen molar-refractivity contribution < 1.29 is 13.2 Å². The fraction of sp³-hybridized carbons (Fsp3) is 0.148. The highest BCUT2D eigenvalue weighted by Gasteiger charge is 2.32. The summed E-state index contributed by atoms with van der Waals surface area (Å²) in [6.07, 6.45) is 2.04. The Kier molecular flexibility index (Phi) is 5.60. The van der Waals surface area contributed by atoms with E-state index in [9.17, 15) is 13.2 Å². The minimum Gasteiger partial charge on any atom is -0.348 e. The molecule has 1 atom stereocenters. The Morgan fingerprint density at radius 2 is 1.55 bits per heavy atom. The number of hydrogen-bond acceptors (Lipinski definition) is 3. The zero-order valence-corrected chi connectivity index (χ0v) is 18.9. The highest BCUT2D eigenvalue weighted by molar-refractivity contribution is 7.90. The molecule has 0 fully saturated rings. The summed E-state index contributed by atoms with van der Waals surface area (Å²) in [6, 6.07) is 29.3. The van der Waals surface area contributed by atoms with E-state index in [0.717, 1.165) is 17.8 Å². The smallest absolute Gasteiger partial charge is 0.254 e. The molecular weight excluding hydrogens is 432 g/mol. The lowest BCUT2D eigenvalue weighted by Crippen LogP contribution is -2.42. The van der Waals surface area contributed by atoms with Gasteiger partial charge in [0.25, 0.3) is 5.91 Å². The van der Waals surface area contributed by atoms with E-state index in [-0.39, 0.29) is 22.6 Å². The lowest BCUT2D eigenvalue weighted by Gasteiger charge is -2.37. The first kappa shape index (κ1) is 21.2. The molecule has 0 radical (unpaired) electrons. The Hall–Kier alpha value is -3.64. The summed E-state index contributed by atoms with van der Waals surface area (Å²) in [4.78, 5) is 15.8. The Bertz CT molecular complexity index is 1380. The van der Waals surface area contributed by atoms with E-state index in [1.165, 1.54) is 0 Å². The Morgan fingerprint density at radius 3 is 2.30 bits per heavy atom. The van der Waals surface area contributed by atoms with Crippen molar-refractivity contribution in [2.24, 2.45) is 0 Å². The van der Waals surface area contributed by atoms with Crippen LogP contribution in [0.1, 0.15) is 33.2 Å². The molecule has 5 rings (SSSR count). The quantitative estimate of drug-likeness (QED) is 0.437. The third-order valence-corrected chi connectivity index (χ3v) is 7.75. The summed E-state index contributed by atoms with van der Waals surface area (Å²) in [6.45, 7) is 1.30. The number of hydrogen-bond donors (Lipinski definition) is 0. The molecular formula is C27H24N2O3S. The fourth-order valence-corrected chi connectivity index (χ4v) is 5.84. The summed E-state index contributed by atoms with van der Waals surface area (Å²) >= 11 is 0. The van der Waals surface area contributed by atoms with E-state index in [1.807, 2.05) is 47.5 Å². The highest BCUT2D eigenvalue weighted by atomic mass is 32.2. The minimum absolute atomic E-state index is 0.102. The number of rotatable bonds is 5. The van der Waals surface area contributed by atoms with Gasteiger partial charge in [0.15, 0.2) is 9.84 Å². The van der Waals surface area contributed by atoms with Gasteiger partial charge in [0, 0.05) is 30.5 Å². The van der Waals surface area contributed by atoms with Gasteiger partial charge in [-0.25, -0.2) is 8.42 Å². The molecule has 1 aliphatic heterocycles. The molecule has 0 aliphatic carbocycles. The molecule has 0 N–H and O–H groups in total. The van der Waals surface area contributed by atoms with Crippen molar-refractivity contribution >= 4 is 15.7 Å². The topological polar surface area (TPSA) is 59.4 Å². The van der Waals surface area contributed by atoms with Crippen LogP contribution in [-0.4, -0.2) is 30.3 Å². The maximum atomic E-state index is 13.7. The third-order valence-electron chi connectivity index (χ3n) is 6.05. The summed E-state index contributed by atoms with van der Waals surface area (Å²) in [5.74, 6) is -0.251. The molecule has 3 aromatic carbocycles. The number of nitrogens with zero attached hydrogens (tertiary/aromatic N) is 2. The zero-order chi connectivity index (χ0) is 22.8. The predicted molar refractivity (Wildman–Crippen MR) is 128 cm³/mol. The van der Waals surface area contributed by atoms with E-state index >= 15 is 0 Å². The SMILES string of the molecule is O=C(c1cccc(CS(=O)(=O)c2ccccc2)c1)N1CCn2cccc2C1c1ccccc1. The normalized spacial score (nSPS) is 15.8. The largest absolute Gasteiger partial charge is 0.348 e. The zero-order valence-electron chi connectivity index (χ0n) is 18.0. The maximum absolute atomic E-state index is 13.7. The monoisotopic (exact) mass is 456 g/mol. The molecule has 4 aromatic rings. The lowest BCUT2D eigenvalue weighted by molar-refractivity contribution is 0.0664. The number of carbonyl (C=O) groups excluding carboxylic acids is 1. The first-order valence-corrected chi connectivity index (χ1v) is 12.6. The second-order valence-electron chi connectivity index (χ2n) is 8.21. The molecule has 0 saturated heterocycles. The van der Waals surface area contributed by atoms with Crippen molar-refractivity contribution in [1.82, 2.24) is 9.47 Å². The van der Waals surface area contributed by atoms with Crippen LogP contribution in [0.5, 0.6) is 0 Å². The second-order valence-corrected chi connectivity index (χ2v) is 10.2. The molecule has 5 nitrogen and oxygen atoms in total. The molecule has 166 valence electrons. The van der Waals surface area contributed by atoms with Crippen LogP contribution in [0.15, 0.2) is 108 Å². The van der Waals surface area contributed by atoms with E-state index in [0.29, 0.717) is 17.7 Å². The lowest BCUT2D eigenvalue weighted by atomic mass is 9.98. The Balaban J connectivity index is 1.46. The first-order valence-electron chi connectivity index (χ1n) is 10.9. The van der Waals surface area contributed by atoms with Crippen LogP contribution in [-0.2, 0) is 22.1 Å². The van der Waals surface area contributed by atoms with Crippen molar-refractivity contribution in [1.29, 1.82) is 0 Å². The standard InChI is InChI=1S/C27H24N2O3S/c30-27(23-12-7-9-21(19-23)20-33(31,32)24-13-5-2-6-14-24)29-18-17-28-16-8-15-25(28)26(29)22-10-3-1-4-11-22/h1-16,19,26H,17-18,20H2. The Morgan fingerprint density at radius 1 is 0.818 bits per heavy atom. The molecule has 0 spiro atoms. The third kappa shape index (κ3) is 4.22. The van der Waals surface area contributed by atoms with Crippen LogP contribution in [0.3, 0.4) is 0 Å². The molecule has 6 heteroatoms. The van der Waals surface area contributed by atoms with E-state index in [4.69, 9.17) is 0 Å². The summed E-state index contributed by atoms with van der Waals surface area (Å²) in [5, 5.41) is 0. The van der Waals surface area contributed by atoms with Gasteiger partial charge in [-0.05, 0) is 47.5 Å². The van der Waals surface area contributed by atoms with Gasteiger partial charge in [0.2, 0.25) is 0 Å². The van der Waals surface area contributed by atoms with Gasteiger partial charge >= 0.3 is 0 Å². The number of benzene rings is 3. The second kappa shape index (κ2) is 8.71. The molecule has 33 heavy (non-hydrogen) atoms. The number of aromatic nitrogens is 1. The summed E-state index contributed by atoms with van der Waals surface area (Å²) in [7, 11) is -3.50. The summed E-state index contributed by atoms with van der Waals surface area (Å²) < 4.78 is 27.8. The van der Waals surface area contributed by atoms with Gasteiger partial charge in [-0.2, -0.15) is 0 Å². The van der Waals surface area contributed by atoms with Crippen molar-refractivity contribution in [2.75, 3.05) is 6.54 Å². The average Bonchev–Trinajstić information content (AvgIpc) is 3.33. The van der Waals surface area contributed by atoms with Gasteiger partial charge < -0.3 is 9.47 Å². The molecule has 0 bridgehead atoms. The van der Waals surface area contributed by atoms with Crippen LogP contribution >= 0.6 is 0 Å². The van der Waals surface area contributed by atoms with Crippen molar-refractivity contribution in [2.45, 2.75) is 23.2 Å². The minimum atomic E-state index is -3.50. The van der Waals surface area contributed by atoms with Crippen LogP contribution < -0.4 is 0 Å². The van der Waals surface area contributed by atoms with E-state index in [1.54, 1.807) is 54.6 Å². The van der Waals surface area contributed by atoms with Crippen molar-refractivity contribution in [3.8, 4) is 0 Å². The molecule has 1 amide bonds. The number of carbonyl (C=O) groups is 1. The van der Waals surface area contributed by atoms with Gasteiger partial charge in [-0.15, -0.1) is 0 Å². The predicted octanol–water partition coefficient (Wildman–Crippen LogP) is 4.71. The fourth-order valence-electron chi connectivity index (χ4n) is 4.48. The first-order chi connectivity index (χ1) is 16.0. The highest BCUT2D eigenvalue weighted by Crippen LogP contribution is 2.33. The molecule has 1 unspecified atom stereocenters. The number of sulfone groups is 1.